The fraction of sp³-hybridized carbons (Fsp3) is 0.914. The molecule has 3 aliphatic heterocycles. The lowest BCUT2D eigenvalue weighted by atomic mass is 9.34. The lowest BCUT2D eigenvalue weighted by Gasteiger charge is -2.87. The number of hydrogen-bond acceptors (Lipinski definition) is 5. The van der Waals surface area contributed by atoms with Gasteiger partial charge in [0.1, 0.15) is 5.60 Å². The van der Waals surface area contributed by atoms with E-state index in [0.717, 1.165) is 0 Å². The van der Waals surface area contributed by atoms with Crippen LogP contribution in [0.3, 0.4) is 0 Å². The number of nitrogens with zero attached hydrogens (tertiary/aromatic N) is 3. The third-order valence-electron chi connectivity index (χ3n) is 31.6. The highest BCUT2D eigenvalue weighted by atomic mass is 16.5. The summed E-state index contributed by atoms with van der Waals surface area (Å²) in [6.45, 7) is 106. The lowest BCUT2D eigenvalue weighted by molar-refractivity contribution is -0.389. The number of hydrogen-bond donors (Lipinski definition) is 0. The van der Waals surface area contributed by atoms with E-state index < -0.39 is 49.7 Å². The normalized spacial score (nSPS) is 34.4. The van der Waals surface area contributed by atoms with Crippen LogP contribution in [0.4, 0.5) is 0 Å². The Bertz CT molecular complexity index is 2410. The third-order valence-corrected chi connectivity index (χ3v) is 31.6. The van der Waals surface area contributed by atoms with Crippen molar-refractivity contribution in [2.75, 3.05) is 14.2 Å². The zero-order chi connectivity index (χ0) is 60.1. The summed E-state index contributed by atoms with van der Waals surface area (Å²) in [5, 5.41) is 0. The highest BCUT2D eigenvalue weighted by Crippen LogP contribution is 2.82. The van der Waals surface area contributed by atoms with Crippen molar-refractivity contribution < 1.29 is 9.47 Å². The van der Waals surface area contributed by atoms with Gasteiger partial charge < -0.3 is 9.47 Å². The molecular formula is C70H129N3O2. The number of ether oxygens (including phenoxy) is 2. The number of fused-ring (bicyclic) bond motifs is 1. The number of rotatable bonds is 8. The maximum Gasteiger partial charge on any atom is 0.100 e. The molecule has 1 aromatic rings. The number of methoxy groups -OCH3 is 2. The summed E-state index contributed by atoms with van der Waals surface area (Å²) in [5.41, 5.74) is 0.925. The number of likely N-dealkylation sites (tertiary alicyclic amines) is 3. The van der Waals surface area contributed by atoms with E-state index in [2.05, 4.69) is 306 Å². The minimum atomic E-state index is -0.777. The van der Waals surface area contributed by atoms with Crippen molar-refractivity contribution in [2.24, 2.45) is 48.7 Å². The van der Waals surface area contributed by atoms with E-state index in [1.807, 2.05) is 7.11 Å². The van der Waals surface area contributed by atoms with Gasteiger partial charge in [-0.1, -0.05) is 118 Å². The van der Waals surface area contributed by atoms with Crippen LogP contribution in [0.25, 0.3) is 0 Å². The Morgan fingerprint density at radius 2 is 0.627 bits per heavy atom. The number of benzene rings is 1. The zero-order valence-corrected chi connectivity index (χ0v) is 58.7. The van der Waals surface area contributed by atoms with Gasteiger partial charge in [-0.3, -0.25) is 14.7 Å². The van der Waals surface area contributed by atoms with E-state index in [4.69, 9.17) is 9.47 Å². The van der Waals surface area contributed by atoms with Crippen LogP contribution in [0.2, 0.25) is 0 Å². The quantitative estimate of drug-likeness (QED) is 0.259. The van der Waals surface area contributed by atoms with Gasteiger partial charge in [-0.2, -0.15) is 0 Å². The van der Waals surface area contributed by atoms with Crippen LogP contribution in [-0.2, 0) is 20.5 Å². The van der Waals surface area contributed by atoms with Gasteiger partial charge in [-0.25, -0.2) is 0 Å². The van der Waals surface area contributed by atoms with E-state index >= 15 is 0 Å². The molecule has 0 bridgehead atoms. The van der Waals surface area contributed by atoms with Gasteiger partial charge in [0.25, 0.3) is 0 Å². The molecule has 5 heteroatoms. The standard InChI is InChI=1S/C70H129N3O2/c1-44-45(2)47(4)49-48(46(44)3)50(5,6)70(67(49,39)75-43,64(33,34)71-58(21,22)52(9,10)51(7,8)53(11,12)59(71,23)24)65(35,36)72-61(27,28)56(17,18)69(41,57(19,20)62(72,29)30)73-60(25,26)54(13,14)55(15,16)68(40,63(73,31)32)66(37,38)74-42/h1-43H3. The van der Waals surface area contributed by atoms with Gasteiger partial charge in [0.15, 0.2) is 0 Å². The van der Waals surface area contributed by atoms with E-state index in [1.165, 1.54) is 33.4 Å². The predicted molar refractivity (Wildman–Crippen MR) is 327 cm³/mol. The van der Waals surface area contributed by atoms with Crippen molar-refractivity contribution in [3.8, 4) is 0 Å². The van der Waals surface area contributed by atoms with Gasteiger partial charge in [0, 0.05) is 91.1 Å². The minimum absolute atomic E-state index is 0.0218. The van der Waals surface area contributed by atoms with Crippen LogP contribution in [0, 0.1) is 76.4 Å². The second-order valence-corrected chi connectivity index (χ2v) is 35.6. The average Bonchev–Trinajstić information content (AvgIpc) is 3.38. The zero-order valence-electron chi connectivity index (χ0n) is 58.7. The van der Waals surface area contributed by atoms with Crippen molar-refractivity contribution in [1.29, 1.82) is 0 Å². The molecule has 0 spiro atoms. The fourth-order valence-electron chi connectivity index (χ4n) is 24.0. The molecule has 3 unspecified atom stereocenters. The maximum absolute atomic E-state index is 7.81. The molecule has 4 aliphatic rings. The molecule has 3 fully saturated rings. The van der Waals surface area contributed by atoms with Crippen molar-refractivity contribution in [2.45, 2.75) is 350 Å². The highest BCUT2D eigenvalue weighted by Gasteiger charge is 2.87. The molecule has 3 heterocycles. The summed E-state index contributed by atoms with van der Waals surface area (Å²) in [7, 11) is 4.02. The molecule has 0 N–H and O–H groups in total. The maximum atomic E-state index is 7.81. The van der Waals surface area contributed by atoms with E-state index in [-0.39, 0.29) is 65.5 Å². The summed E-state index contributed by atoms with van der Waals surface area (Å²) in [4.78, 5) is 9.40. The van der Waals surface area contributed by atoms with Crippen molar-refractivity contribution in [3.63, 3.8) is 0 Å². The SMILES string of the molecule is COC(C)(C)C1(C)C(C)(C)N(C2(C)C(C)(C)C(C)(C)N(C(C)(C)C3(C(C)(C)N4C(C)(C)C(C)(C)C(C)(C)C(C)(C)C4(C)C)C(C)(C)c4c(C)c(C)c(C)c(C)c4C3(C)OC)C(C)(C)C2(C)C)C(C)(C)C(C)(C)C1(C)C. The molecule has 5 rings (SSSR count). The molecule has 0 aromatic heterocycles. The van der Waals surface area contributed by atoms with Crippen LogP contribution in [-0.4, -0.2) is 84.4 Å². The minimum Gasteiger partial charge on any atom is -0.378 e. The summed E-state index contributed by atoms with van der Waals surface area (Å²) in [5.74, 6) is 0. The molecular weight excluding hydrogens is 915 g/mol. The topological polar surface area (TPSA) is 28.2 Å². The van der Waals surface area contributed by atoms with Gasteiger partial charge in [0.2, 0.25) is 0 Å². The van der Waals surface area contributed by atoms with Crippen LogP contribution in [0.1, 0.15) is 290 Å². The Morgan fingerprint density at radius 3 is 0.933 bits per heavy atom. The average molecular weight is 1040 g/mol. The lowest BCUT2D eigenvalue weighted by Crippen LogP contribution is -2.95. The van der Waals surface area contributed by atoms with E-state index in [1.54, 1.807) is 0 Å². The van der Waals surface area contributed by atoms with Gasteiger partial charge in [0.05, 0.1) is 5.60 Å². The molecule has 3 saturated heterocycles. The van der Waals surface area contributed by atoms with Crippen LogP contribution in [0.15, 0.2) is 0 Å². The molecule has 75 heavy (non-hydrogen) atoms. The third kappa shape index (κ3) is 5.99. The summed E-state index contributed by atoms with van der Waals surface area (Å²) in [6.07, 6.45) is 0. The molecule has 0 radical (unpaired) electrons. The van der Waals surface area contributed by atoms with Crippen LogP contribution >= 0.6 is 0 Å². The fourth-order valence-corrected chi connectivity index (χ4v) is 24.0. The summed E-state index contributed by atoms with van der Waals surface area (Å²) in [6, 6.07) is 0. The number of piperidine rings is 3. The molecule has 436 valence electrons. The molecule has 1 aliphatic carbocycles. The smallest absolute Gasteiger partial charge is 0.100 e. The molecule has 1 aromatic carbocycles. The summed E-state index contributed by atoms with van der Waals surface area (Å²) < 4.78 is 14.6. The van der Waals surface area contributed by atoms with Gasteiger partial charge in [-0.15, -0.1) is 0 Å². The Morgan fingerprint density at radius 1 is 0.333 bits per heavy atom. The first kappa shape index (κ1) is 64.8. The van der Waals surface area contributed by atoms with Gasteiger partial charge in [-0.05, 0) is 227 Å². The monoisotopic (exact) mass is 1040 g/mol. The molecule has 5 nitrogen and oxygen atoms in total. The van der Waals surface area contributed by atoms with Crippen LogP contribution in [0.5, 0.6) is 0 Å². The second kappa shape index (κ2) is 16.0. The molecule has 0 amide bonds. The first-order valence-corrected chi connectivity index (χ1v) is 30.0. The Hall–Kier alpha value is -0.980. The summed E-state index contributed by atoms with van der Waals surface area (Å²) >= 11 is 0. The van der Waals surface area contributed by atoms with E-state index in [9.17, 15) is 0 Å². The first-order chi connectivity index (χ1) is 32.4. The van der Waals surface area contributed by atoms with Crippen molar-refractivity contribution >= 4 is 0 Å². The van der Waals surface area contributed by atoms with E-state index in [0.29, 0.717) is 0 Å². The predicted octanol–water partition coefficient (Wildman–Crippen LogP) is 18.6. The van der Waals surface area contributed by atoms with Crippen molar-refractivity contribution in [3.05, 3.63) is 33.4 Å². The largest absolute Gasteiger partial charge is 0.378 e. The van der Waals surface area contributed by atoms with Crippen molar-refractivity contribution in [1.82, 2.24) is 14.7 Å². The Labute approximate surface area is 468 Å². The highest BCUT2D eigenvalue weighted by molar-refractivity contribution is 5.63. The first-order valence-electron chi connectivity index (χ1n) is 30.0. The van der Waals surface area contributed by atoms with Crippen LogP contribution < -0.4 is 0 Å². The Kier molecular flexibility index (Phi) is 13.8. The second-order valence-electron chi connectivity index (χ2n) is 35.6. The molecule has 3 atom stereocenters. The Balaban J connectivity index is 2.13. The molecule has 0 saturated carbocycles. The van der Waals surface area contributed by atoms with Gasteiger partial charge >= 0.3 is 0 Å².